The number of halogens is 1. The van der Waals surface area contributed by atoms with Crippen LogP contribution in [-0.2, 0) is 5.33 Å². The van der Waals surface area contributed by atoms with Crippen LogP contribution in [0.3, 0.4) is 0 Å². The van der Waals surface area contributed by atoms with Crippen molar-refractivity contribution in [3.63, 3.8) is 0 Å². The normalized spacial score (nSPS) is 9.75. The van der Waals surface area contributed by atoms with Gasteiger partial charge in [-0.2, -0.15) is 5.26 Å². The summed E-state index contributed by atoms with van der Waals surface area (Å²) in [4.78, 5) is 0. The van der Waals surface area contributed by atoms with Crippen LogP contribution in [0, 0.1) is 11.3 Å². The summed E-state index contributed by atoms with van der Waals surface area (Å²) >= 11 is 3.46. The minimum absolute atomic E-state index is 0.703. The van der Waals surface area contributed by atoms with E-state index in [9.17, 15) is 0 Å². The average Bonchev–Trinajstić information content (AvgIpc) is 2.39. The van der Waals surface area contributed by atoms with Crippen LogP contribution in [0.2, 0.25) is 0 Å². The molecular formula is C14H10BrN. The number of rotatable bonds is 2. The average molecular weight is 272 g/mol. The minimum Gasteiger partial charge on any atom is -0.192 e. The molecule has 0 aromatic heterocycles. The maximum atomic E-state index is 8.85. The zero-order valence-electron chi connectivity index (χ0n) is 8.65. The van der Waals surface area contributed by atoms with Gasteiger partial charge in [0.25, 0.3) is 0 Å². The van der Waals surface area contributed by atoms with Crippen molar-refractivity contribution < 1.29 is 0 Å². The number of hydrogen-bond acceptors (Lipinski definition) is 1. The largest absolute Gasteiger partial charge is 0.192 e. The standard InChI is InChI=1S/C14H10BrN/c15-9-13-8-11(10-16)6-7-14(13)12-4-2-1-3-5-12/h1-8H,9H2. The predicted molar refractivity (Wildman–Crippen MR) is 69.2 cm³/mol. The first-order valence-corrected chi connectivity index (χ1v) is 6.11. The van der Waals surface area contributed by atoms with Crippen LogP contribution in [0.15, 0.2) is 48.5 Å². The Morgan fingerprint density at radius 1 is 1.06 bits per heavy atom. The van der Waals surface area contributed by atoms with Gasteiger partial charge in [-0.05, 0) is 28.8 Å². The van der Waals surface area contributed by atoms with Crippen LogP contribution in [0.25, 0.3) is 11.1 Å². The molecule has 0 bridgehead atoms. The van der Waals surface area contributed by atoms with Crippen LogP contribution in [0.5, 0.6) is 0 Å². The van der Waals surface area contributed by atoms with Gasteiger partial charge in [-0.1, -0.05) is 52.3 Å². The Hall–Kier alpha value is -1.59. The van der Waals surface area contributed by atoms with Gasteiger partial charge in [0.15, 0.2) is 0 Å². The summed E-state index contributed by atoms with van der Waals surface area (Å²) in [5.74, 6) is 0. The third kappa shape index (κ3) is 2.15. The van der Waals surface area contributed by atoms with E-state index in [0.29, 0.717) is 5.56 Å². The summed E-state index contributed by atoms with van der Waals surface area (Å²) in [7, 11) is 0. The lowest BCUT2D eigenvalue weighted by molar-refractivity contribution is 1.39. The fourth-order valence-electron chi connectivity index (χ4n) is 1.67. The Morgan fingerprint density at radius 3 is 2.44 bits per heavy atom. The summed E-state index contributed by atoms with van der Waals surface area (Å²) in [6.45, 7) is 0. The van der Waals surface area contributed by atoms with E-state index in [0.717, 1.165) is 10.9 Å². The molecule has 2 rings (SSSR count). The van der Waals surface area contributed by atoms with Crippen molar-refractivity contribution in [2.45, 2.75) is 5.33 Å². The van der Waals surface area contributed by atoms with E-state index in [1.165, 1.54) is 11.1 Å². The number of benzene rings is 2. The Balaban J connectivity index is 2.54. The van der Waals surface area contributed by atoms with Crippen LogP contribution in [0.1, 0.15) is 11.1 Å². The van der Waals surface area contributed by atoms with Crippen molar-refractivity contribution in [2.75, 3.05) is 0 Å². The van der Waals surface area contributed by atoms with Gasteiger partial charge in [-0.15, -0.1) is 0 Å². The quantitative estimate of drug-likeness (QED) is 0.754. The molecule has 2 aromatic carbocycles. The van der Waals surface area contributed by atoms with Gasteiger partial charge >= 0.3 is 0 Å². The van der Waals surface area contributed by atoms with Crippen LogP contribution in [0.4, 0.5) is 0 Å². The van der Waals surface area contributed by atoms with Gasteiger partial charge in [0.05, 0.1) is 11.6 Å². The topological polar surface area (TPSA) is 23.8 Å². The Bertz CT molecular complexity index is 526. The first-order valence-electron chi connectivity index (χ1n) is 4.99. The number of nitrogens with zero attached hydrogens (tertiary/aromatic N) is 1. The molecule has 2 heteroatoms. The SMILES string of the molecule is N#Cc1ccc(-c2ccccc2)c(CBr)c1. The molecule has 0 N–H and O–H groups in total. The summed E-state index contributed by atoms with van der Waals surface area (Å²) in [6, 6.07) is 18.1. The fourth-order valence-corrected chi connectivity index (χ4v) is 2.14. The highest BCUT2D eigenvalue weighted by molar-refractivity contribution is 9.08. The summed E-state index contributed by atoms with van der Waals surface area (Å²) in [5, 5.41) is 9.61. The second-order valence-electron chi connectivity index (χ2n) is 3.48. The third-order valence-corrected chi connectivity index (χ3v) is 3.07. The molecule has 0 atom stereocenters. The van der Waals surface area contributed by atoms with Crippen LogP contribution >= 0.6 is 15.9 Å². The molecule has 16 heavy (non-hydrogen) atoms. The molecule has 0 amide bonds. The molecule has 1 nitrogen and oxygen atoms in total. The third-order valence-electron chi connectivity index (χ3n) is 2.46. The van der Waals surface area contributed by atoms with Gasteiger partial charge in [0, 0.05) is 5.33 Å². The molecule has 78 valence electrons. The van der Waals surface area contributed by atoms with Crippen molar-refractivity contribution in [1.82, 2.24) is 0 Å². The molecule has 0 radical (unpaired) electrons. The highest BCUT2D eigenvalue weighted by Gasteiger charge is 2.04. The van der Waals surface area contributed by atoms with Crippen molar-refractivity contribution >= 4 is 15.9 Å². The molecule has 0 aliphatic heterocycles. The first-order chi connectivity index (χ1) is 7.85. The Kier molecular flexibility index (Phi) is 3.38. The molecule has 0 fully saturated rings. The van der Waals surface area contributed by atoms with E-state index in [-0.39, 0.29) is 0 Å². The highest BCUT2D eigenvalue weighted by atomic mass is 79.9. The van der Waals surface area contributed by atoms with Crippen molar-refractivity contribution in [3.05, 3.63) is 59.7 Å². The molecule has 0 heterocycles. The molecule has 0 saturated carbocycles. The van der Waals surface area contributed by atoms with Crippen LogP contribution < -0.4 is 0 Å². The van der Waals surface area contributed by atoms with E-state index in [1.54, 1.807) is 0 Å². The molecule has 0 unspecified atom stereocenters. The molecule has 0 aliphatic rings. The zero-order chi connectivity index (χ0) is 11.4. The maximum absolute atomic E-state index is 8.85. The molecular weight excluding hydrogens is 262 g/mol. The van der Waals surface area contributed by atoms with Crippen molar-refractivity contribution in [1.29, 1.82) is 5.26 Å². The van der Waals surface area contributed by atoms with Crippen LogP contribution in [-0.4, -0.2) is 0 Å². The molecule has 2 aromatic rings. The van der Waals surface area contributed by atoms with Gasteiger partial charge in [0.2, 0.25) is 0 Å². The van der Waals surface area contributed by atoms with Gasteiger partial charge in [-0.3, -0.25) is 0 Å². The smallest absolute Gasteiger partial charge is 0.0991 e. The van der Waals surface area contributed by atoms with E-state index in [4.69, 9.17) is 5.26 Å². The van der Waals surface area contributed by atoms with Gasteiger partial charge in [0.1, 0.15) is 0 Å². The second-order valence-corrected chi connectivity index (χ2v) is 4.04. The summed E-state index contributed by atoms with van der Waals surface area (Å²) < 4.78 is 0. The molecule has 0 spiro atoms. The number of nitriles is 1. The fraction of sp³-hybridized carbons (Fsp3) is 0.0714. The van der Waals surface area contributed by atoms with Gasteiger partial charge < -0.3 is 0 Å². The van der Waals surface area contributed by atoms with E-state index in [2.05, 4.69) is 34.1 Å². The minimum atomic E-state index is 0.703. The molecule has 0 saturated heterocycles. The molecule has 0 aliphatic carbocycles. The highest BCUT2D eigenvalue weighted by Crippen LogP contribution is 2.26. The zero-order valence-corrected chi connectivity index (χ0v) is 10.2. The first kappa shape index (κ1) is 10.9. The number of hydrogen-bond donors (Lipinski definition) is 0. The lowest BCUT2D eigenvalue weighted by Gasteiger charge is -2.07. The predicted octanol–water partition coefficient (Wildman–Crippen LogP) is 4.12. The van der Waals surface area contributed by atoms with Gasteiger partial charge in [-0.25, -0.2) is 0 Å². The van der Waals surface area contributed by atoms with E-state index < -0.39 is 0 Å². The summed E-state index contributed by atoms with van der Waals surface area (Å²) in [5.41, 5.74) is 4.21. The lowest BCUT2D eigenvalue weighted by atomic mass is 9.99. The number of alkyl halides is 1. The Morgan fingerprint density at radius 2 is 1.81 bits per heavy atom. The van der Waals surface area contributed by atoms with Crippen molar-refractivity contribution in [3.8, 4) is 17.2 Å². The summed E-state index contributed by atoms with van der Waals surface area (Å²) in [6.07, 6.45) is 0. The maximum Gasteiger partial charge on any atom is 0.0991 e. The van der Waals surface area contributed by atoms with Crippen molar-refractivity contribution in [2.24, 2.45) is 0 Å². The monoisotopic (exact) mass is 271 g/mol. The second kappa shape index (κ2) is 4.96. The lowest BCUT2D eigenvalue weighted by Crippen LogP contribution is -1.87. The van der Waals surface area contributed by atoms with E-state index >= 15 is 0 Å². The Labute approximate surface area is 103 Å². The van der Waals surface area contributed by atoms with E-state index in [1.807, 2.05) is 36.4 Å².